The van der Waals surface area contributed by atoms with Gasteiger partial charge in [-0.15, -0.1) is 0 Å². The van der Waals surface area contributed by atoms with Gasteiger partial charge in [0, 0.05) is 36.7 Å². The summed E-state index contributed by atoms with van der Waals surface area (Å²) in [5.74, 6) is -0.0521. The van der Waals surface area contributed by atoms with Crippen LogP contribution in [0.4, 0.5) is 15.9 Å². The van der Waals surface area contributed by atoms with Crippen LogP contribution in [0.1, 0.15) is 26.5 Å². The molecule has 0 radical (unpaired) electrons. The van der Waals surface area contributed by atoms with Crippen LogP contribution in [0.2, 0.25) is 5.04 Å². The lowest BCUT2D eigenvalue weighted by molar-refractivity contribution is 0.300. The van der Waals surface area contributed by atoms with Gasteiger partial charge < -0.3 is 9.74 Å². The molecule has 6 nitrogen and oxygen atoms in total. The fraction of sp³-hybridized carbons (Fsp3) is 0.241. The average Bonchev–Trinajstić information content (AvgIpc) is 2.88. The summed E-state index contributed by atoms with van der Waals surface area (Å²) in [6, 6.07) is 28.1. The van der Waals surface area contributed by atoms with Gasteiger partial charge in [-0.05, 0) is 39.7 Å². The Kier molecular flexibility index (Phi) is 8.10. The number of aromatic nitrogens is 2. The van der Waals surface area contributed by atoms with Gasteiger partial charge in [0.1, 0.15) is 11.6 Å². The van der Waals surface area contributed by atoms with E-state index in [1.165, 1.54) is 12.1 Å². The van der Waals surface area contributed by atoms with E-state index in [0.29, 0.717) is 30.2 Å². The maximum Gasteiger partial charge on any atom is 0.261 e. The number of rotatable bonds is 9. The van der Waals surface area contributed by atoms with Crippen molar-refractivity contribution in [2.75, 3.05) is 18.2 Å². The zero-order valence-corrected chi connectivity index (χ0v) is 23.8. The maximum atomic E-state index is 13.3. The van der Waals surface area contributed by atoms with E-state index in [2.05, 4.69) is 60.3 Å². The van der Waals surface area contributed by atoms with Crippen molar-refractivity contribution < 1.29 is 17.2 Å². The fourth-order valence-corrected chi connectivity index (χ4v) is 9.69. The van der Waals surface area contributed by atoms with Gasteiger partial charge in [-0.2, -0.15) is 0 Å². The van der Waals surface area contributed by atoms with Gasteiger partial charge in [-0.1, -0.05) is 81.4 Å². The van der Waals surface area contributed by atoms with Crippen LogP contribution in [0, 0.1) is 5.82 Å². The molecule has 9 heteroatoms. The average molecular weight is 550 g/mol. The topological polar surface area (TPSA) is 81.2 Å². The molecule has 0 fully saturated rings. The number of hydrogen-bond donors (Lipinski definition) is 1. The second-order valence-electron chi connectivity index (χ2n) is 10.2. The van der Waals surface area contributed by atoms with Gasteiger partial charge >= 0.3 is 0 Å². The van der Waals surface area contributed by atoms with Crippen LogP contribution in [0.5, 0.6) is 0 Å². The molecule has 0 atom stereocenters. The summed E-state index contributed by atoms with van der Waals surface area (Å²) >= 11 is 0. The number of anilines is 2. The summed E-state index contributed by atoms with van der Waals surface area (Å²) in [6.07, 6.45) is 1.46. The van der Waals surface area contributed by atoms with Crippen molar-refractivity contribution in [3.05, 3.63) is 103 Å². The zero-order chi connectivity index (χ0) is 27.4. The van der Waals surface area contributed by atoms with Crippen molar-refractivity contribution in [3.8, 4) is 0 Å². The van der Waals surface area contributed by atoms with Crippen LogP contribution < -0.4 is 15.7 Å². The minimum absolute atomic E-state index is 0.186. The van der Waals surface area contributed by atoms with Crippen LogP contribution in [-0.4, -0.2) is 39.6 Å². The predicted octanol–water partition coefficient (Wildman–Crippen LogP) is 4.88. The first-order chi connectivity index (χ1) is 18.0. The molecule has 198 valence electrons. The number of hydrogen-bond acceptors (Lipinski definition) is 6. The third kappa shape index (κ3) is 6.17. The fourth-order valence-electron chi connectivity index (χ4n) is 4.58. The highest BCUT2D eigenvalue weighted by Gasteiger charge is 2.50. The molecular weight excluding hydrogens is 517 g/mol. The van der Waals surface area contributed by atoms with Crippen LogP contribution in [0.15, 0.2) is 96.2 Å². The first-order valence-electron chi connectivity index (χ1n) is 12.3. The number of sulfone groups is 1. The Morgan fingerprint density at radius 2 is 1.42 bits per heavy atom. The molecule has 1 aromatic heterocycles. The molecule has 0 saturated carbocycles. The summed E-state index contributed by atoms with van der Waals surface area (Å²) in [5.41, 5.74) is 1.11. The Balaban J connectivity index is 1.67. The summed E-state index contributed by atoms with van der Waals surface area (Å²) in [5, 5.41) is 4.92. The van der Waals surface area contributed by atoms with Crippen LogP contribution in [0.25, 0.3) is 0 Å². The molecule has 38 heavy (non-hydrogen) atoms. The van der Waals surface area contributed by atoms with Crippen molar-refractivity contribution in [3.63, 3.8) is 0 Å². The molecule has 4 aromatic rings. The van der Waals surface area contributed by atoms with Crippen LogP contribution >= 0.6 is 0 Å². The summed E-state index contributed by atoms with van der Waals surface area (Å²) in [6.45, 7) is 6.95. The lowest BCUT2D eigenvalue weighted by atomic mass is 10.2. The first kappa shape index (κ1) is 27.6. The van der Waals surface area contributed by atoms with E-state index in [1.807, 2.05) is 36.4 Å². The van der Waals surface area contributed by atoms with Gasteiger partial charge in [0.05, 0.1) is 0 Å². The van der Waals surface area contributed by atoms with E-state index >= 15 is 0 Å². The second kappa shape index (κ2) is 11.1. The van der Waals surface area contributed by atoms with Crippen LogP contribution in [0.3, 0.4) is 0 Å². The van der Waals surface area contributed by atoms with Crippen molar-refractivity contribution in [2.24, 2.45) is 0 Å². The van der Waals surface area contributed by atoms with Crippen molar-refractivity contribution in [1.82, 2.24) is 9.97 Å². The first-order valence-corrected chi connectivity index (χ1v) is 16.1. The molecule has 3 aromatic carbocycles. The standard InChI is InChI=1S/C29H32FN3O3SSi/c1-29(2,3)38(25-11-7-5-8-12-25,26-13-9-6-10-14-26)36-20-19-24-21-27(33-28(32-24)37(4,34)35)31-23-17-15-22(30)16-18-23/h5-18,21H,19-20H2,1-4H3,(H,31,32,33). The van der Waals surface area contributed by atoms with E-state index in [0.717, 1.165) is 16.6 Å². The highest BCUT2D eigenvalue weighted by Crippen LogP contribution is 2.36. The highest BCUT2D eigenvalue weighted by molar-refractivity contribution is 7.90. The minimum Gasteiger partial charge on any atom is -0.407 e. The molecule has 0 amide bonds. The summed E-state index contributed by atoms with van der Waals surface area (Å²) in [4.78, 5) is 8.50. The molecule has 0 spiro atoms. The molecule has 0 aliphatic rings. The molecule has 0 aliphatic heterocycles. The van der Waals surface area contributed by atoms with Crippen molar-refractivity contribution in [1.29, 1.82) is 0 Å². The zero-order valence-electron chi connectivity index (χ0n) is 22.0. The lowest BCUT2D eigenvalue weighted by Crippen LogP contribution is -2.66. The molecule has 4 rings (SSSR count). The largest absolute Gasteiger partial charge is 0.407 e. The number of halogens is 1. The molecule has 1 heterocycles. The highest BCUT2D eigenvalue weighted by atomic mass is 32.2. The Morgan fingerprint density at radius 1 is 0.868 bits per heavy atom. The van der Waals surface area contributed by atoms with Gasteiger partial charge in [-0.3, -0.25) is 0 Å². The maximum absolute atomic E-state index is 13.3. The molecule has 0 unspecified atom stereocenters. The second-order valence-corrected chi connectivity index (χ2v) is 16.4. The van der Waals surface area contributed by atoms with Crippen LogP contribution in [-0.2, 0) is 20.7 Å². The number of benzene rings is 3. The molecule has 0 aliphatic carbocycles. The predicted molar refractivity (Wildman–Crippen MR) is 152 cm³/mol. The number of nitrogens with zero attached hydrogens (tertiary/aromatic N) is 2. The van der Waals surface area contributed by atoms with Gasteiger partial charge in [0.2, 0.25) is 15.0 Å². The van der Waals surface area contributed by atoms with E-state index in [-0.39, 0.29) is 16.0 Å². The van der Waals surface area contributed by atoms with Gasteiger partial charge in [-0.25, -0.2) is 22.8 Å². The van der Waals surface area contributed by atoms with E-state index in [9.17, 15) is 12.8 Å². The third-order valence-electron chi connectivity index (χ3n) is 6.30. The smallest absolute Gasteiger partial charge is 0.261 e. The SMILES string of the molecule is CC(C)(C)[Si](OCCc1cc(Nc2ccc(F)cc2)nc(S(C)(=O)=O)n1)(c1ccccc1)c1ccccc1. The molecule has 1 N–H and O–H groups in total. The summed E-state index contributed by atoms with van der Waals surface area (Å²) < 4.78 is 44.9. The quantitative estimate of drug-likeness (QED) is 0.237. The Bertz CT molecular complexity index is 1440. The van der Waals surface area contributed by atoms with Crippen molar-refractivity contribution >= 4 is 40.0 Å². The lowest BCUT2D eigenvalue weighted by Gasteiger charge is -2.43. The van der Waals surface area contributed by atoms with Gasteiger partial charge in [0.15, 0.2) is 0 Å². The van der Waals surface area contributed by atoms with E-state index in [1.54, 1.807) is 18.2 Å². The van der Waals surface area contributed by atoms with Gasteiger partial charge in [0.25, 0.3) is 8.32 Å². The molecule has 0 bridgehead atoms. The Labute approximate surface area is 225 Å². The number of nitrogens with one attached hydrogen (secondary N) is 1. The van der Waals surface area contributed by atoms with Crippen molar-refractivity contribution in [2.45, 2.75) is 37.4 Å². The molecule has 0 saturated heterocycles. The Hall–Kier alpha value is -3.40. The Morgan fingerprint density at radius 3 is 1.92 bits per heavy atom. The van der Waals surface area contributed by atoms with E-state index in [4.69, 9.17) is 4.43 Å². The normalized spacial score (nSPS) is 12.3. The molecular formula is C29H32FN3O3SSi. The minimum atomic E-state index is -3.66. The third-order valence-corrected chi connectivity index (χ3v) is 12.2. The summed E-state index contributed by atoms with van der Waals surface area (Å²) in [7, 11) is -6.41. The van der Waals surface area contributed by atoms with E-state index < -0.39 is 18.2 Å². The monoisotopic (exact) mass is 549 g/mol.